The van der Waals surface area contributed by atoms with Crippen molar-refractivity contribution in [1.29, 1.82) is 0 Å². The van der Waals surface area contributed by atoms with Crippen molar-refractivity contribution in [1.82, 2.24) is 9.97 Å². The number of hydrogen-bond donors (Lipinski definition) is 2. The van der Waals surface area contributed by atoms with Gasteiger partial charge in [-0.15, -0.1) is 0 Å². The SMILES string of the molecule is COc1ccc(NC(=O)c2cc(Nc3ccc(C(C)C)cc3)ncn2)c(OC)c1. The molecule has 0 saturated heterocycles. The largest absolute Gasteiger partial charge is 0.497 e. The highest BCUT2D eigenvalue weighted by Gasteiger charge is 2.13. The van der Waals surface area contributed by atoms with Gasteiger partial charge in [-0.3, -0.25) is 4.79 Å². The fourth-order valence-corrected chi connectivity index (χ4v) is 2.74. The number of ether oxygens (including phenoxy) is 2. The smallest absolute Gasteiger partial charge is 0.274 e. The summed E-state index contributed by atoms with van der Waals surface area (Å²) in [5.74, 6) is 1.76. The Hall–Kier alpha value is -3.61. The van der Waals surface area contributed by atoms with Crippen LogP contribution in [0.15, 0.2) is 54.9 Å². The van der Waals surface area contributed by atoms with Gasteiger partial charge in [0.15, 0.2) is 0 Å². The molecule has 0 bridgehead atoms. The van der Waals surface area contributed by atoms with E-state index >= 15 is 0 Å². The number of anilines is 3. The van der Waals surface area contributed by atoms with Crippen molar-refractivity contribution < 1.29 is 14.3 Å². The first kappa shape index (κ1) is 20.1. The van der Waals surface area contributed by atoms with Crippen molar-refractivity contribution in [2.45, 2.75) is 19.8 Å². The lowest BCUT2D eigenvalue weighted by Gasteiger charge is -2.12. The summed E-state index contributed by atoms with van der Waals surface area (Å²) in [5.41, 5.74) is 2.90. The van der Waals surface area contributed by atoms with Crippen LogP contribution >= 0.6 is 0 Å². The van der Waals surface area contributed by atoms with Crippen molar-refractivity contribution in [3.8, 4) is 11.5 Å². The van der Waals surface area contributed by atoms with E-state index in [9.17, 15) is 4.79 Å². The third-order valence-corrected chi connectivity index (χ3v) is 4.41. The molecule has 1 amide bonds. The second-order valence-corrected chi connectivity index (χ2v) is 6.71. The molecule has 0 unspecified atom stereocenters. The summed E-state index contributed by atoms with van der Waals surface area (Å²) in [5, 5.41) is 6.00. The lowest BCUT2D eigenvalue weighted by Crippen LogP contribution is -2.15. The molecule has 7 nitrogen and oxygen atoms in total. The molecule has 1 aromatic heterocycles. The number of nitrogens with one attached hydrogen (secondary N) is 2. The molecule has 0 atom stereocenters. The molecular formula is C22H24N4O3. The summed E-state index contributed by atoms with van der Waals surface area (Å²) in [6.45, 7) is 4.30. The number of methoxy groups -OCH3 is 2. The van der Waals surface area contributed by atoms with Crippen LogP contribution in [-0.2, 0) is 0 Å². The lowest BCUT2D eigenvalue weighted by molar-refractivity contribution is 0.102. The van der Waals surface area contributed by atoms with E-state index < -0.39 is 0 Å². The van der Waals surface area contributed by atoms with Gasteiger partial charge in [0, 0.05) is 17.8 Å². The molecule has 3 rings (SSSR count). The molecular weight excluding hydrogens is 368 g/mol. The first-order chi connectivity index (χ1) is 14.0. The van der Waals surface area contributed by atoms with Gasteiger partial charge >= 0.3 is 0 Å². The van der Waals surface area contributed by atoms with Crippen molar-refractivity contribution in [3.05, 3.63) is 66.1 Å². The molecule has 7 heteroatoms. The van der Waals surface area contributed by atoms with E-state index in [0.29, 0.717) is 28.9 Å². The monoisotopic (exact) mass is 392 g/mol. The Morgan fingerprint density at radius 3 is 2.38 bits per heavy atom. The quantitative estimate of drug-likeness (QED) is 0.611. The number of benzene rings is 2. The van der Waals surface area contributed by atoms with Crippen LogP contribution in [0.1, 0.15) is 35.8 Å². The fraction of sp³-hybridized carbons (Fsp3) is 0.227. The third kappa shape index (κ3) is 5.01. The van der Waals surface area contributed by atoms with Crippen molar-refractivity contribution >= 4 is 23.1 Å². The topological polar surface area (TPSA) is 85.4 Å². The number of carbonyl (C=O) groups is 1. The van der Waals surface area contributed by atoms with Crippen LogP contribution < -0.4 is 20.1 Å². The Kier molecular flexibility index (Phi) is 6.29. The molecule has 29 heavy (non-hydrogen) atoms. The average molecular weight is 392 g/mol. The van der Waals surface area contributed by atoms with E-state index in [1.807, 2.05) is 12.1 Å². The molecule has 0 aliphatic rings. The summed E-state index contributed by atoms with van der Waals surface area (Å²) in [4.78, 5) is 20.9. The first-order valence-corrected chi connectivity index (χ1v) is 9.22. The van der Waals surface area contributed by atoms with Crippen LogP contribution in [0, 0.1) is 0 Å². The number of amides is 1. The Balaban J connectivity index is 1.74. The summed E-state index contributed by atoms with van der Waals surface area (Å²) in [6.07, 6.45) is 1.35. The van der Waals surface area contributed by atoms with E-state index in [0.717, 1.165) is 5.69 Å². The third-order valence-electron chi connectivity index (χ3n) is 4.41. The number of hydrogen-bond acceptors (Lipinski definition) is 6. The maximum atomic E-state index is 12.6. The van der Waals surface area contributed by atoms with Crippen molar-refractivity contribution in [2.24, 2.45) is 0 Å². The second kappa shape index (κ2) is 9.05. The second-order valence-electron chi connectivity index (χ2n) is 6.71. The number of rotatable bonds is 7. The molecule has 0 saturated carbocycles. The normalized spacial score (nSPS) is 10.5. The molecule has 1 heterocycles. The van der Waals surface area contributed by atoms with E-state index in [1.54, 1.807) is 31.4 Å². The highest BCUT2D eigenvalue weighted by Crippen LogP contribution is 2.29. The van der Waals surface area contributed by atoms with E-state index in [2.05, 4.69) is 46.6 Å². The molecule has 0 aliphatic heterocycles. The summed E-state index contributed by atoms with van der Waals surface area (Å²) < 4.78 is 10.5. The lowest BCUT2D eigenvalue weighted by atomic mass is 10.0. The highest BCUT2D eigenvalue weighted by molar-refractivity contribution is 6.04. The maximum absolute atomic E-state index is 12.6. The number of aromatic nitrogens is 2. The minimum Gasteiger partial charge on any atom is -0.497 e. The van der Waals surface area contributed by atoms with Gasteiger partial charge in [0.2, 0.25) is 0 Å². The predicted molar refractivity (Wildman–Crippen MR) is 113 cm³/mol. The molecule has 2 aromatic carbocycles. The molecule has 0 spiro atoms. The average Bonchev–Trinajstić information content (AvgIpc) is 2.74. The van der Waals surface area contributed by atoms with Gasteiger partial charge in [-0.05, 0) is 35.7 Å². The van der Waals surface area contributed by atoms with Crippen LogP contribution in [-0.4, -0.2) is 30.1 Å². The Morgan fingerprint density at radius 2 is 1.72 bits per heavy atom. The Bertz CT molecular complexity index is 988. The van der Waals surface area contributed by atoms with Crippen LogP contribution in [0.2, 0.25) is 0 Å². The molecule has 0 fully saturated rings. The Morgan fingerprint density at radius 1 is 0.966 bits per heavy atom. The molecule has 0 radical (unpaired) electrons. The van der Waals surface area contributed by atoms with Crippen LogP contribution in [0.3, 0.4) is 0 Å². The van der Waals surface area contributed by atoms with Crippen molar-refractivity contribution in [2.75, 3.05) is 24.9 Å². The maximum Gasteiger partial charge on any atom is 0.274 e. The Labute approximate surface area is 170 Å². The predicted octanol–water partition coefficient (Wildman–Crippen LogP) is 4.61. The van der Waals surface area contributed by atoms with E-state index in [-0.39, 0.29) is 11.6 Å². The summed E-state index contributed by atoms with van der Waals surface area (Å²) >= 11 is 0. The van der Waals surface area contributed by atoms with Gasteiger partial charge in [-0.1, -0.05) is 26.0 Å². The molecule has 2 N–H and O–H groups in total. The van der Waals surface area contributed by atoms with Gasteiger partial charge in [0.1, 0.15) is 29.3 Å². The zero-order valence-electron chi connectivity index (χ0n) is 16.9. The van der Waals surface area contributed by atoms with Gasteiger partial charge in [0.25, 0.3) is 5.91 Å². The zero-order valence-corrected chi connectivity index (χ0v) is 16.9. The number of carbonyl (C=O) groups excluding carboxylic acids is 1. The van der Waals surface area contributed by atoms with Crippen molar-refractivity contribution in [3.63, 3.8) is 0 Å². The summed E-state index contributed by atoms with van der Waals surface area (Å²) in [7, 11) is 3.10. The molecule has 150 valence electrons. The van der Waals surface area contributed by atoms with Crippen LogP contribution in [0.5, 0.6) is 11.5 Å². The zero-order chi connectivity index (χ0) is 20.8. The molecule has 3 aromatic rings. The van der Waals surface area contributed by atoms with Gasteiger partial charge in [-0.25, -0.2) is 9.97 Å². The van der Waals surface area contributed by atoms with Crippen LogP contribution in [0.4, 0.5) is 17.2 Å². The molecule has 0 aliphatic carbocycles. The minimum atomic E-state index is -0.367. The minimum absolute atomic E-state index is 0.235. The van der Waals surface area contributed by atoms with Gasteiger partial charge in [0.05, 0.1) is 19.9 Å². The summed E-state index contributed by atoms with van der Waals surface area (Å²) in [6, 6.07) is 14.9. The standard InChI is InChI=1S/C22H24N4O3/c1-14(2)15-5-7-16(8-6-15)25-21-12-19(23-13-24-21)22(27)26-18-10-9-17(28-3)11-20(18)29-4/h5-14H,1-4H3,(H,26,27)(H,23,24,25). The first-order valence-electron chi connectivity index (χ1n) is 9.22. The van der Waals surface area contributed by atoms with E-state index in [1.165, 1.54) is 19.0 Å². The number of nitrogens with zero attached hydrogens (tertiary/aromatic N) is 2. The van der Waals surface area contributed by atoms with E-state index in [4.69, 9.17) is 9.47 Å². The van der Waals surface area contributed by atoms with Gasteiger partial charge < -0.3 is 20.1 Å². The van der Waals surface area contributed by atoms with Crippen LogP contribution in [0.25, 0.3) is 0 Å². The highest BCUT2D eigenvalue weighted by atomic mass is 16.5. The fourth-order valence-electron chi connectivity index (χ4n) is 2.74. The van der Waals surface area contributed by atoms with Gasteiger partial charge in [-0.2, -0.15) is 0 Å².